The van der Waals surface area contributed by atoms with Crippen molar-refractivity contribution in [3.8, 4) is 11.5 Å². The summed E-state index contributed by atoms with van der Waals surface area (Å²) in [7, 11) is 1.56. The molecule has 0 bridgehead atoms. The van der Waals surface area contributed by atoms with Crippen LogP contribution in [0, 0.1) is 0 Å². The molecule has 0 saturated heterocycles. The van der Waals surface area contributed by atoms with Crippen LogP contribution >= 0.6 is 15.9 Å². The lowest BCUT2D eigenvalue weighted by Gasteiger charge is -2.39. The normalized spacial score (nSPS) is 16.6. The molecule has 1 N–H and O–H groups in total. The van der Waals surface area contributed by atoms with Gasteiger partial charge >= 0.3 is 5.97 Å². The van der Waals surface area contributed by atoms with Crippen molar-refractivity contribution < 1.29 is 19.4 Å². The molecule has 1 aliphatic rings. The van der Waals surface area contributed by atoms with Gasteiger partial charge in [-0.05, 0) is 38.8 Å². The summed E-state index contributed by atoms with van der Waals surface area (Å²) in [5.74, 6) is 0.320. The van der Waals surface area contributed by atoms with Gasteiger partial charge < -0.3 is 14.6 Å². The van der Waals surface area contributed by atoms with Crippen molar-refractivity contribution in [3.05, 3.63) is 22.2 Å². The Labute approximate surface area is 127 Å². The molecule has 1 aromatic rings. The number of carbonyl (C=O) groups is 1. The van der Waals surface area contributed by atoms with Crippen molar-refractivity contribution in [1.82, 2.24) is 0 Å². The highest BCUT2D eigenvalue weighted by molar-refractivity contribution is 9.10. The summed E-state index contributed by atoms with van der Waals surface area (Å²) in [6.07, 6.45) is 2.14. The molecule has 1 saturated carbocycles. The molecule has 1 fully saturated rings. The molecule has 0 spiro atoms. The van der Waals surface area contributed by atoms with Gasteiger partial charge in [-0.25, -0.2) is 0 Å². The summed E-state index contributed by atoms with van der Waals surface area (Å²) in [5, 5.41) is 9.64. The van der Waals surface area contributed by atoms with Crippen LogP contribution in [0.15, 0.2) is 16.6 Å². The molecule has 0 aromatic heterocycles. The summed E-state index contributed by atoms with van der Waals surface area (Å²) in [6.45, 7) is 3.83. The van der Waals surface area contributed by atoms with E-state index in [1.807, 2.05) is 19.9 Å². The average Bonchev–Trinajstić information content (AvgIpc) is 2.29. The number of methoxy groups -OCH3 is 1. The van der Waals surface area contributed by atoms with E-state index in [-0.39, 0.29) is 6.10 Å². The van der Waals surface area contributed by atoms with Crippen LogP contribution in [-0.4, -0.2) is 24.3 Å². The number of halogens is 1. The maximum Gasteiger partial charge on any atom is 0.314 e. The van der Waals surface area contributed by atoms with E-state index in [9.17, 15) is 9.90 Å². The second-order valence-electron chi connectivity index (χ2n) is 5.39. The third kappa shape index (κ3) is 2.51. The second-order valence-corrected chi connectivity index (χ2v) is 6.31. The molecule has 0 unspecified atom stereocenters. The van der Waals surface area contributed by atoms with Crippen LogP contribution in [0.25, 0.3) is 0 Å². The molecule has 4 nitrogen and oxygen atoms in total. The molecule has 1 aliphatic carbocycles. The highest BCUT2D eigenvalue weighted by atomic mass is 79.9. The Morgan fingerprint density at radius 3 is 2.45 bits per heavy atom. The van der Waals surface area contributed by atoms with Crippen LogP contribution in [0.2, 0.25) is 0 Å². The minimum absolute atomic E-state index is 0.0465. The first-order valence-corrected chi connectivity index (χ1v) is 7.48. The second kappa shape index (κ2) is 5.64. The summed E-state index contributed by atoms with van der Waals surface area (Å²) in [5.41, 5.74) is -0.141. The Balaban J connectivity index is 2.60. The average molecular weight is 343 g/mol. The van der Waals surface area contributed by atoms with Crippen molar-refractivity contribution in [3.63, 3.8) is 0 Å². The molecule has 1 aromatic carbocycles. The number of benzene rings is 1. The zero-order valence-electron chi connectivity index (χ0n) is 11.9. The molecular weight excluding hydrogens is 324 g/mol. The van der Waals surface area contributed by atoms with Gasteiger partial charge in [0.1, 0.15) is 0 Å². The van der Waals surface area contributed by atoms with Gasteiger partial charge in [0.25, 0.3) is 0 Å². The maximum absolute atomic E-state index is 11.7. The molecule has 0 atom stereocenters. The van der Waals surface area contributed by atoms with E-state index in [1.54, 1.807) is 13.2 Å². The summed E-state index contributed by atoms with van der Waals surface area (Å²) < 4.78 is 12.0. The van der Waals surface area contributed by atoms with Gasteiger partial charge in [-0.2, -0.15) is 0 Å². The van der Waals surface area contributed by atoms with Gasteiger partial charge in [-0.3, -0.25) is 4.79 Å². The predicted molar refractivity (Wildman–Crippen MR) is 79.6 cm³/mol. The van der Waals surface area contributed by atoms with E-state index in [4.69, 9.17) is 9.47 Å². The monoisotopic (exact) mass is 342 g/mol. The molecule has 2 rings (SSSR count). The Hall–Kier alpha value is -1.23. The first-order valence-electron chi connectivity index (χ1n) is 6.69. The lowest BCUT2D eigenvalue weighted by Crippen LogP contribution is -2.42. The summed E-state index contributed by atoms with van der Waals surface area (Å²) in [4.78, 5) is 11.7. The molecule has 20 heavy (non-hydrogen) atoms. The fraction of sp³-hybridized carbons (Fsp3) is 0.533. The Morgan fingerprint density at radius 1 is 1.40 bits per heavy atom. The van der Waals surface area contributed by atoms with Crippen LogP contribution in [0.4, 0.5) is 0 Å². The van der Waals surface area contributed by atoms with Crippen molar-refractivity contribution in [1.29, 1.82) is 0 Å². The van der Waals surface area contributed by atoms with Crippen LogP contribution in [0.3, 0.4) is 0 Å². The van der Waals surface area contributed by atoms with Gasteiger partial charge in [0.2, 0.25) is 0 Å². The molecule has 0 radical (unpaired) electrons. The lowest BCUT2D eigenvalue weighted by molar-refractivity contribution is -0.147. The number of hydrogen-bond donors (Lipinski definition) is 1. The van der Waals surface area contributed by atoms with Crippen molar-refractivity contribution in [2.75, 3.05) is 7.11 Å². The third-order valence-electron chi connectivity index (χ3n) is 3.73. The maximum atomic E-state index is 11.7. The number of aliphatic carboxylic acids is 1. The Bertz CT molecular complexity index is 521. The topological polar surface area (TPSA) is 55.8 Å². The smallest absolute Gasteiger partial charge is 0.314 e. The first-order chi connectivity index (χ1) is 9.40. The SMILES string of the molecule is COc1cc(Br)cc(C2(C(=O)O)CCC2)c1OC(C)C. The number of carboxylic acids is 1. The zero-order valence-corrected chi connectivity index (χ0v) is 13.5. The number of rotatable bonds is 5. The van der Waals surface area contributed by atoms with Gasteiger partial charge in [-0.15, -0.1) is 0 Å². The van der Waals surface area contributed by atoms with Crippen molar-refractivity contribution in [2.24, 2.45) is 0 Å². The van der Waals surface area contributed by atoms with Gasteiger partial charge in [0, 0.05) is 10.0 Å². The molecular formula is C15H19BrO4. The molecule has 0 heterocycles. The van der Waals surface area contributed by atoms with E-state index in [0.717, 1.165) is 10.9 Å². The number of hydrogen-bond acceptors (Lipinski definition) is 3. The van der Waals surface area contributed by atoms with Crippen LogP contribution in [0.1, 0.15) is 38.7 Å². The number of ether oxygens (including phenoxy) is 2. The molecule has 0 amide bonds. The zero-order chi connectivity index (χ0) is 14.9. The minimum Gasteiger partial charge on any atom is -0.493 e. The van der Waals surface area contributed by atoms with E-state index >= 15 is 0 Å². The fourth-order valence-electron chi connectivity index (χ4n) is 2.56. The van der Waals surface area contributed by atoms with Crippen LogP contribution in [-0.2, 0) is 10.2 Å². The van der Waals surface area contributed by atoms with Gasteiger partial charge in [0.05, 0.1) is 18.6 Å². The van der Waals surface area contributed by atoms with E-state index in [0.29, 0.717) is 29.9 Å². The molecule has 0 aliphatic heterocycles. The minimum atomic E-state index is -0.846. The highest BCUT2D eigenvalue weighted by Crippen LogP contribution is 2.51. The van der Waals surface area contributed by atoms with Crippen LogP contribution in [0.5, 0.6) is 11.5 Å². The Morgan fingerprint density at radius 2 is 2.05 bits per heavy atom. The van der Waals surface area contributed by atoms with E-state index in [1.165, 1.54) is 0 Å². The quantitative estimate of drug-likeness (QED) is 0.885. The lowest BCUT2D eigenvalue weighted by atomic mass is 9.64. The van der Waals surface area contributed by atoms with Crippen molar-refractivity contribution in [2.45, 2.75) is 44.6 Å². The van der Waals surface area contributed by atoms with E-state index in [2.05, 4.69) is 15.9 Å². The van der Waals surface area contributed by atoms with Crippen molar-refractivity contribution >= 4 is 21.9 Å². The molecule has 110 valence electrons. The standard InChI is InChI=1S/C15H19BrO4/c1-9(2)20-13-11(7-10(16)8-12(13)19-3)15(14(17)18)5-4-6-15/h7-9H,4-6H2,1-3H3,(H,17,18). The Kier molecular flexibility index (Phi) is 4.28. The molecule has 5 heteroatoms. The summed E-state index contributed by atoms with van der Waals surface area (Å²) in [6, 6.07) is 3.64. The fourth-order valence-corrected chi connectivity index (χ4v) is 3.00. The summed E-state index contributed by atoms with van der Waals surface area (Å²) >= 11 is 3.42. The number of carboxylic acid groups (broad SMARTS) is 1. The van der Waals surface area contributed by atoms with Gasteiger partial charge in [0.15, 0.2) is 11.5 Å². The predicted octanol–water partition coefficient (Wildman–Crippen LogP) is 3.75. The van der Waals surface area contributed by atoms with Crippen LogP contribution < -0.4 is 9.47 Å². The largest absolute Gasteiger partial charge is 0.493 e. The third-order valence-corrected chi connectivity index (χ3v) is 4.18. The van der Waals surface area contributed by atoms with Gasteiger partial charge in [-0.1, -0.05) is 22.4 Å². The highest BCUT2D eigenvalue weighted by Gasteiger charge is 2.48. The first kappa shape index (κ1) is 15.2. The van der Waals surface area contributed by atoms with E-state index < -0.39 is 11.4 Å².